The number of hydrogen-bond acceptors (Lipinski definition) is 3. The van der Waals surface area contributed by atoms with E-state index in [9.17, 15) is 4.79 Å². The van der Waals surface area contributed by atoms with E-state index in [0.717, 1.165) is 43.1 Å². The van der Waals surface area contributed by atoms with Gasteiger partial charge in [0.25, 0.3) is 5.91 Å². The van der Waals surface area contributed by atoms with Crippen LogP contribution in [0.2, 0.25) is 0 Å². The van der Waals surface area contributed by atoms with E-state index < -0.39 is 0 Å². The second-order valence-electron chi connectivity index (χ2n) is 7.07. The molecule has 4 heteroatoms. The number of rotatable bonds is 2. The Balaban J connectivity index is 1.58. The standard InChI is InChI=1S/C17H25N3O/c1-13-8-14(12-18-11-13)16(21)20-6-4-17(5-7-20)9-15(10-17)19(2)3/h8,11-12,15H,4-7,9-10H2,1-3H3. The summed E-state index contributed by atoms with van der Waals surface area (Å²) in [5.41, 5.74) is 2.28. The second-order valence-corrected chi connectivity index (χ2v) is 7.07. The van der Waals surface area contributed by atoms with Crippen LogP contribution in [0.4, 0.5) is 0 Å². The molecule has 1 spiro atoms. The van der Waals surface area contributed by atoms with Gasteiger partial charge in [0.15, 0.2) is 0 Å². The first-order valence-corrected chi connectivity index (χ1v) is 7.86. The van der Waals surface area contributed by atoms with E-state index in [1.165, 1.54) is 12.8 Å². The number of amides is 1. The molecule has 3 rings (SSSR count). The highest BCUT2D eigenvalue weighted by atomic mass is 16.2. The van der Waals surface area contributed by atoms with E-state index in [1.54, 1.807) is 12.4 Å². The molecule has 21 heavy (non-hydrogen) atoms. The molecule has 0 unspecified atom stereocenters. The molecule has 1 aliphatic carbocycles. The Morgan fingerprint density at radius 2 is 1.95 bits per heavy atom. The molecule has 0 radical (unpaired) electrons. The van der Waals surface area contributed by atoms with Crippen molar-refractivity contribution in [2.45, 2.75) is 38.6 Å². The maximum absolute atomic E-state index is 12.5. The second kappa shape index (κ2) is 5.41. The maximum atomic E-state index is 12.5. The zero-order valence-electron chi connectivity index (χ0n) is 13.3. The number of aryl methyl sites for hydroxylation is 1. The van der Waals surface area contributed by atoms with Gasteiger partial charge in [-0.25, -0.2) is 0 Å². The number of piperidine rings is 1. The number of carbonyl (C=O) groups excluding carboxylic acids is 1. The molecule has 4 nitrogen and oxygen atoms in total. The summed E-state index contributed by atoms with van der Waals surface area (Å²) < 4.78 is 0. The third-order valence-corrected chi connectivity index (χ3v) is 5.30. The van der Waals surface area contributed by atoms with Crippen LogP contribution >= 0.6 is 0 Å². The molecule has 0 bridgehead atoms. The van der Waals surface area contributed by atoms with Gasteiger partial charge in [-0.15, -0.1) is 0 Å². The van der Waals surface area contributed by atoms with Gasteiger partial charge in [0.2, 0.25) is 0 Å². The highest BCUT2D eigenvalue weighted by molar-refractivity contribution is 5.94. The Kier molecular flexibility index (Phi) is 3.74. The fourth-order valence-corrected chi connectivity index (χ4v) is 3.75. The summed E-state index contributed by atoms with van der Waals surface area (Å²) in [6.45, 7) is 3.77. The van der Waals surface area contributed by atoms with Crippen LogP contribution in [0.15, 0.2) is 18.5 Å². The van der Waals surface area contributed by atoms with Gasteiger partial charge < -0.3 is 9.80 Å². The van der Waals surface area contributed by atoms with Gasteiger partial charge in [0.05, 0.1) is 5.56 Å². The van der Waals surface area contributed by atoms with Gasteiger partial charge in [0.1, 0.15) is 0 Å². The number of aromatic nitrogens is 1. The molecule has 1 amide bonds. The van der Waals surface area contributed by atoms with Crippen molar-refractivity contribution in [1.29, 1.82) is 0 Å². The predicted molar refractivity (Wildman–Crippen MR) is 83.3 cm³/mol. The van der Waals surface area contributed by atoms with Crippen LogP contribution in [0.3, 0.4) is 0 Å². The summed E-state index contributed by atoms with van der Waals surface area (Å²) >= 11 is 0. The van der Waals surface area contributed by atoms with Crippen LogP contribution in [-0.4, -0.2) is 53.9 Å². The van der Waals surface area contributed by atoms with Crippen LogP contribution in [0.1, 0.15) is 41.6 Å². The van der Waals surface area contributed by atoms with Gasteiger partial charge in [-0.3, -0.25) is 9.78 Å². The van der Waals surface area contributed by atoms with Crippen LogP contribution in [0.25, 0.3) is 0 Å². The SMILES string of the molecule is Cc1cncc(C(=O)N2CCC3(CC2)CC(N(C)C)C3)c1. The Labute approximate surface area is 127 Å². The van der Waals surface area contributed by atoms with Gasteiger partial charge in [-0.1, -0.05) is 0 Å². The van der Waals surface area contributed by atoms with E-state index >= 15 is 0 Å². The monoisotopic (exact) mass is 287 g/mol. The molecule has 0 aromatic carbocycles. The summed E-state index contributed by atoms with van der Waals surface area (Å²) in [6.07, 6.45) is 8.38. The average Bonchev–Trinajstić information content (AvgIpc) is 2.44. The van der Waals surface area contributed by atoms with Gasteiger partial charge in [-0.05, 0) is 63.7 Å². The largest absolute Gasteiger partial charge is 0.339 e. The van der Waals surface area contributed by atoms with E-state index in [1.807, 2.05) is 17.9 Å². The summed E-state index contributed by atoms with van der Waals surface area (Å²) in [7, 11) is 4.34. The minimum absolute atomic E-state index is 0.143. The molecular formula is C17H25N3O. The number of likely N-dealkylation sites (tertiary alicyclic amines) is 1. The molecule has 0 N–H and O–H groups in total. The first-order valence-electron chi connectivity index (χ1n) is 7.86. The smallest absolute Gasteiger partial charge is 0.255 e. The number of hydrogen-bond donors (Lipinski definition) is 0. The molecule has 1 aliphatic heterocycles. The van der Waals surface area contributed by atoms with E-state index in [-0.39, 0.29) is 5.91 Å². The quantitative estimate of drug-likeness (QED) is 0.837. The van der Waals surface area contributed by atoms with Crippen LogP contribution in [-0.2, 0) is 0 Å². The molecule has 2 fully saturated rings. The van der Waals surface area contributed by atoms with Gasteiger partial charge in [-0.2, -0.15) is 0 Å². The Bertz CT molecular complexity index is 525. The first kappa shape index (κ1) is 14.5. The number of nitrogens with zero attached hydrogens (tertiary/aromatic N) is 3. The van der Waals surface area contributed by atoms with Crippen LogP contribution in [0.5, 0.6) is 0 Å². The zero-order chi connectivity index (χ0) is 15.0. The number of pyridine rings is 1. The lowest BCUT2D eigenvalue weighted by molar-refractivity contribution is -0.0231. The fourth-order valence-electron chi connectivity index (χ4n) is 3.75. The topological polar surface area (TPSA) is 36.4 Å². The van der Waals surface area contributed by atoms with Gasteiger partial charge >= 0.3 is 0 Å². The Morgan fingerprint density at radius 1 is 1.29 bits per heavy atom. The molecule has 114 valence electrons. The average molecular weight is 287 g/mol. The molecular weight excluding hydrogens is 262 g/mol. The molecule has 1 saturated heterocycles. The van der Waals surface area contributed by atoms with Crippen LogP contribution < -0.4 is 0 Å². The highest BCUT2D eigenvalue weighted by Crippen LogP contribution is 2.50. The Hall–Kier alpha value is -1.42. The third-order valence-electron chi connectivity index (χ3n) is 5.30. The van der Waals surface area contributed by atoms with Crippen molar-refractivity contribution in [2.75, 3.05) is 27.2 Å². The lowest BCUT2D eigenvalue weighted by Crippen LogP contribution is -2.54. The fraction of sp³-hybridized carbons (Fsp3) is 0.647. The molecule has 2 heterocycles. The van der Waals surface area contributed by atoms with Crippen molar-refractivity contribution in [3.63, 3.8) is 0 Å². The number of carbonyl (C=O) groups is 1. The predicted octanol–water partition coefficient (Wildman–Crippen LogP) is 2.34. The Morgan fingerprint density at radius 3 is 2.52 bits per heavy atom. The van der Waals surface area contributed by atoms with Crippen molar-refractivity contribution in [3.8, 4) is 0 Å². The summed E-state index contributed by atoms with van der Waals surface area (Å²) in [5, 5.41) is 0. The summed E-state index contributed by atoms with van der Waals surface area (Å²) in [4.78, 5) is 21.0. The molecule has 1 saturated carbocycles. The summed E-state index contributed by atoms with van der Waals surface area (Å²) in [5.74, 6) is 0.143. The van der Waals surface area contributed by atoms with Crippen molar-refractivity contribution < 1.29 is 4.79 Å². The molecule has 2 aliphatic rings. The van der Waals surface area contributed by atoms with E-state index in [0.29, 0.717) is 5.41 Å². The molecule has 0 atom stereocenters. The van der Waals surface area contributed by atoms with Crippen molar-refractivity contribution in [2.24, 2.45) is 5.41 Å². The first-order chi connectivity index (χ1) is 9.99. The van der Waals surface area contributed by atoms with Crippen LogP contribution in [0, 0.1) is 12.3 Å². The van der Waals surface area contributed by atoms with Crippen molar-refractivity contribution in [3.05, 3.63) is 29.6 Å². The lowest BCUT2D eigenvalue weighted by Gasteiger charge is -2.54. The normalized spacial score (nSPS) is 21.6. The third kappa shape index (κ3) is 2.82. The molecule has 1 aromatic rings. The van der Waals surface area contributed by atoms with E-state index in [2.05, 4.69) is 24.0 Å². The zero-order valence-corrected chi connectivity index (χ0v) is 13.3. The van der Waals surface area contributed by atoms with Gasteiger partial charge in [0, 0.05) is 31.5 Å². The minimum atomic E-state index is 0.143. The summed E-state index contributed by atoms with van der Waals surface area (Å²) in [6, 6.07) is 2.68. The lowest BCUT2D eigenvalue weighted by atomic mass is 9.60. The van der Waals surface area contributed by atoms with Crippen molar-refractivity contribution in [1.82, 2.24) is 14.8 Å². The van der Waals surface area contributed by atoms with Crippen molar-refractivity contribution >= 4 is 5.91 Å². The minimum Gasteiger partial charge on any atom is -0.339 e. The molecule has 1 aromatic heterocycles. The highest BCUT2D eigenvalue weighted by Gasteiger charge is 2.46. The maximum Gasteiger partial charge on any atom is 0.255 e. The van der Waals surface area contributed by atoms with E-state index in [4.69, 9.17) is 0 Å².